The van der Waals surface area contributed by atoms with Gasteiger partial charge in [-0.1, -0.05) is 12.1 Å². The molecule has 0 aliphatic carbocycles. The highest BCUT2D eigenvalue weighted by atomic mass is 32.2. The van der Waals surface area contributed by atoms with Crippen LogP contribution < -0.4 is 10.6 Å². The molecule has 0 saturated carbocycles. The molecular weight excluding hydrogens is 609 g/mol. The Balaban J connectivity index is 1.18. The van der Waals surface area contributed by atoms with Gasteiger partial charge in [-0.15, -0.1) is 0 Å². The number of nitrogens with one attached hydrogen (secondary N) is 2. The molecule has 0 unspecified atom stereocenters. The Labute approximate surface area is 259 Å². The van der Waals surface area contributed by atoms with Crippen LogP contribution in [0.25, 0.3) is 16.9 Å². The molecule has 2 saturated heterocycles. The van der Waals surface area contributed by atoms with Crippen LogP contribution >= 0.6 is 0 Å². The number of alkyl halides is 3. The lowest BCUT2D eigenvalue weighted by atomic mass is 10.1. The Bertz CT molecular complexity index is 1760. The lowest BCUT2D eigenvalue weighted by molar-refractivity contribution is -0.137. The van der Waals surface area contributed by atoms with Crippen molar-refractivity contribution in [1.82, 2.24) is 43.8 Å². The summed E-state index contributed by atoms with van der Waals surface area (Å²) in [7, 11) is -2.04. The molecule has 12 nitrogen and oxygen atoms in total. The SMILES string of the molecule is Cc1cc(CN2CCNCC2)ccc1-n1cc(-c2nc(NC3CCN(S(=O)(=O)c4cn(C)cn4)CC3)ncc2C(F)(F)F)cn1. The van der Waals surface area contributed by atoms with Crippen LogP contribution in [-0.2, 0) is 29.8 Å². The maximum Gasteiger partial charge on any atom is 0.419 e. The summed E-state index contributed by atoms with van der Waals surface area (Å²) in [5.74, 6) is 0.0326. The van der Waals surface area contributed by atoms with Gasteiger partial charge in [0.25, 0.3) is 10.0 Å². The van der Waals surface area contributed by atoms with Crippen LogP contribution in [0.5, 0.6) is 0 Å². The minimum atomic E-state index is -4.68. The van der Waals surface area contributed by atoms with Crippen LogP contribution in [0, 0.1) is 6.92 Å². The van der Waals surface area contributed by atoms with E-state index in [1.807, 2.05) is 19.1 Å². The van der Waals surface area contributed by atoms with E-state index in [0.717, 1.165) is 55.7 Å². The van der Waals surface area contributed by atoms with E-state index in [2.05, 4.69) is 41.7 Å². The number of hydrogen-bond acceptors (Lipinski definition) is 9. The van der Waals surface area contributed by atoms with Gasteiger partial charge in [-0.2, -0.15) is 22.6 Å². The van der Waals surface area contributed by atoms with Crippen LogP contribution in [0.15, 0.2) is 54.3 Å². The first-order chi connectivity index (χ1) is 21.5. The summed E-state index contributed by atoms with van der Waals surface area (Å²) in [6.45, 7) is 7.12. The summed E-state index contributed by atoms with van der Waals surface area (Å²) in [5, 5.41) is 10.8. The van der Waals surface area contributed by atoms with Gasteiger partial charge in [-0.05, 0) is 37.0 Å². The van der Waals surface area contributed by atoms with E-state index in [-0.39, 0.29) is 41.4 Å². The molecule has 5 heterocycles. The molecule has 0 atom stereocenters. The number of hydrogen-bond donors (Lipinski definition) is 2. The smallest absolute Gasteiger partial charge is 0.351 e. The summed E-state index contributed by atoms with van der Waals surface area (Å²) in [5.41, 5.74) is 1.83. The minimum absolute atomic E-state index is 0.0194. The fraction of sp³-hybridized carbons (Fsp3) is 0.448. The van der Waals surface area contributed by atoms with Crippen LogP contribution in [0.3, 0.4) is 0 Å². The number of anilines is 1. The highest BCUT2D eigenvalue weighted by Crippen LogP contribution is 2.36. The molecule has 16 heteroatoms. The highest BCUT2D eigenvalue weighted by molar-refractivity contribution is 7.89. The molecule has 4 aromatic rings. The maximum atomic E-state index is 14.0. The van der Waals surface area contributed by atoms with Crippen molar-refractivity contribution in [2.45, 2.75) is 43.6 Å². The fourth-order valence-corrected chi connectivity index (χ4v) is 7.17. The maximum absolute atomic E-state index is 14.0. The van der Waals surface area contributed by atoms with E-state index >= 15 is 0 Å². The molecular formula is C29H35F3N10O2S. The number of sulfonamides is 1. The molecule has 0 amide bonds. The molecule has 2 aliphatic heterocycles. The number of benzene rings is 1. The molecule has 0 radical (unpaired) electrons. The Kier molecular flexibility index (Phi) is 8.65. The molecule has 0 spiro atoms. The van der Waals surface area contributed by atoms with Crippen molar-refractivity contribution in [3.8, 4) is 16.9 Å². The lowest BCUT2D eigenvalue weighted by Gasteiger charge is -2.31. The van der Waals surface area contributed by atoms with Gasteiger partial charge >= 0.3 is 6.18 Å². The second-order valence-electron chi connectivity index (χ2n) is 11.5. The Morgan fingerprint density at radius 1 is 1.04 bits per heavy atom. The van der Waals surface area contributed by atoms with Gasteiger partial charge in [0, 0.05) is 83.1 Å². The number of rotatable bonds is 8. The molecule has 2 N–H and O–H groups in total. The third-order valence-corrected chi connectivity index (χ3v) is 9.93. The van der Waals surface area contributed by atoms with Gasteiger partial charge < -0.3 is 15.2 Å². The van der Waals surface area contributed by atoms with Crippen molar-refractivity contribution in [3.05, 3.63) is 66.0 Å². The van der Waals surface area contributed by atoms with Gasteiger partial charge in [-0.3, -0.25) is 4.90 Å². The topological polar surface area (TPSA) is 126 Å². The number of piperidine rings is 1. The van der Waals surface area contributed by atoms with Crippen molar-refractivity contribution in [3.63, 3.8) is 0 Å². The first kappa shape index (κ1) is 31.1. The van der Waals surface area contributed by atoms with Crippen molar-refractivity contribution < 1.29 is 21.6 Å². The standard InChI is InChI=1S/C29H35F3N10O2S/c1-20-13-21(16-40-11-7-33-8-12-40)3-4-25(20)42-17-22(14-36-42)27-24(29(30,31)32)15-34-28(38-27)37-23-5-9-41(10-6-23)45(43,44)26-18-39(2)19-35-26/h3-4,13-15,17-19,23,33H,5-12,16H2,1-2H3,(H,34,37,38). The van der Waals surface area contributed by atoms with Gasteiger partial charge in [-0.25, -0.2) is 28.1 Å². The summed E-state index contributed by atoms with van der Waals surface area (Å²) in [6.07, 6.45) is 2.74. The first-order valence-electron chi connectivity index (χ1n) is 14.7. The molecule has 2 aliphatic rings. The number of aromatic nitrogens is 6. The Morgan fingerprint density at radius 2 is 1.80 bits per heavy atom. The molecule has 0 bridgehead atoms. The second kappa shape index (κ2) is 12.5. The van der Waals surface area contributed by atoms with Crippen LogP contribution in [0.2, 0.25) is 0 Å². The molecule has 240 valence electrons. The molecule has 3 aromatic heterocycles. The zero-order valence-corrected chi connectivity index (χ0v) is 25.8. The molecule has 2 fully saturated rings. The predicted molar refractivity (Wildman–Crippen MR) is 161 cm³/mol. The summed E-state index contributed by atoms with van der Waals surface area (Å²) < 4.78 is 72.4. The van der Waals surface area contributed by atoms with Crippen LogP contribution in [-0.4, -0.2) is 92.2 Å². The van der Waals surface area contributed by atoms with Gasteiger partial charge in [0.1, 0.15) is 5.56 Å². The first-order valence-corrected chi connectivity index (χ1v) is 16.2. The van der Waals surface area contributed by atoms with Crippen molar-refractivity contribution in [1.29, 1.82) is 0 Å². The number of halogens is 3. The zero-order valence-electron chi connectivity index (χ0n) is 25.0. The van der Waals surface area contributed by atoms with Crippen molar-refractivity contribution >= 4 is 16.0 Å². The molecule has 45 heavy (non-hydrogen) atoms. The van der Waals surface area contributed by atoms with Crippen LogP contribution in [0.1, 0.15) is 29.5 Å². The van der Waals surface area contributed by atoms with Crippen molar-refractivity contribution in [2.24, 2.45) is 7.05 Å². The highest BCUT2D eigenvalue weighted by Gasteiger charge is 2.36. The van der Waals surface area contributed by atoms with E-state index in [1.165, 1.54) is 23.0 Å². The quantitative estimate of drug-likeness (QED) is 0.298. The van der Waals surface area contributed by atoms with E-state index in [4.69, 9.17) is 0 Å². The zero-order chi connectivity index (χ0) is 31.8. The number of nitrogens with zero attached hydrogens (tertiary/aromatic N) is 8. The number of imidazole rings is 1. The van der Waals surface area contributed by atoms with E-state index in [0.29, 0.717) is 12.8 Å². The van der Waals surface area contributed by atoms with Crippen LogP contribution in [0.4, 0.5) is 19.1 Å². The third-order valence-electron chi connectivity index (χ3n) is 8.15. The average molecular weight is 645 g/mol. The van der Waals surface area contributed by atoms with E-state index < -0.39 is 21.8 Å². The fourth-order valence-electron chi connectivity index (χ4n) is 5.73. The second-order valence-corrected chi connectivity index (χ2v) is 13.4. The van der Waals surface area contributed by atoms with E-state index in [9.17, 15) is 21.6 Å². The summed E-state index contributed by atoms with van der Waals surface area (Å²) >= 11 is 0. The van der Waals surface area contributed by atoms with Gasteiger partial charge in [0.15, 0.2) is 5.03 Å². The summed E-state index contributed by atoms with van der Waals surface area (Å²) in [4.78, 5) is 14.6. The number of piperazine rings is 1. The van der Waals surface area contributed by atoms with E-state index in [1.54, 1.807) is 22.5 Å². The summed E-state index contributed by atoms with van der Waals surface area (Å²) in [6, 6.07) is 5.81. The molecule has 1 aromatic carbocycles. The van der Waals surface area contributed by atoms with Gasteiger partial charge in [0.05, 0.1) is 23.9 Å². The average Bonchev–Trinajstić information content (AvgIpc) is 3.68. The predicted octanol–water partition coefficient (Wildman–Crippen LogP) is 3.06. The third kappa shape index (κ3) is 6.88. The Morgan fingerprint density at radius 3 is 2.47 bits per heavy atom. The monoisotopic (exact) mass is 644 g/mol. The normalized spacial score (nSPS) is 17.5. The Hall–Kier alpha value is -3.86. The van der Waals surface area contributed by atoms with Gasteiger partial charge in [0.2, 0.25) is 5.95 Å². The van der Waals surface area contributed by atoms with Crippen molar-refractivity contribution in [2.75, 3.05) is 44.6 Å². The largest absolute Gasteiger partial charge is 0.419 e. The number of aryl methyl sites for hydroxylation is 2. The molecule has 6 rings (SSSR count). The lowest BCUT2D eigenvalue weighted by Crippen LogP contribution is -2.42. The minimum Gasteiger partial charge on any atom is -0.351 e.